The van der Waals surface area contributed by atoms with E-state index in [1.54, 1.807) is 6.92 Å². The zero-order valence-electron chi connectivity index (χ0n) is 7.96. The van der Waals surface area contributed by atoms with Gasteiger partial charge in [0.15, 0.2) is 0 Å². The molecular weight excluding hydrogens is 184 g/mol. The standard InChI is InChI=1S/C10H14O4/c1-7-6-9(12)3-2-8(11)4-5-10(13)14-7/h2-5,7-9,11-12H,6H2,1H3/b3-2-,5-4+/t7-,8-,9+/m1/s1. The number of aliphatic hydroxyl groups excluding tert-OH is 2. The van der Waals surface area contributed by atoms with Crippen molar-refractivity contribution >= 4 is 5.97 Å². The third-order valence-corrected chi connectivity index (χ3v) is 1.85. The topological polar surface area (TPSA) is 66.8 Å². The Morgan fingerprint density at radius 1 is 1.36 bits per heavy atom. The Bertz CT molecular complexity index is 257. The van der Waals surface area contributed by atoms with Crippen LogP contribution in [0.25, 0.3) is 0 Å². The van der Waals surface area contributed by atoms with Gasteiger partial charge in [-0.25, -0.2) is 4.79 Å². The molecule has 0 unspecified atom stereocenters. The number of carbonyl (C=O) groups excluding carboxylic acids is 1. The van der Waals surface area contributed by atoms with Crippen molar-refractivity contribution in [3.05, 3.63) is 24.3 Å². The van der Waals surface area contributed by atoms with Crippen LogP contribution in [-0.4, -0.2) is 34.5 Å². The predicted octanol–water partition coefficient (Wildman–Crippen LogP) is 0.156. The molecule has 3 atom stereocenters. The van der Waals surface area contributed by atoms with E-state index >= 15 is 0 Å². The molecule has 0 amide bonds. The number of hydrogen-bond donors (Lipinski definition) is 2. The van der Waals surface area contributed by atoms with E-state index in [4.69, 9.17) is 4.74 Å². The van der Waals surface area contributed by atoms with E-state index < -0.39 is 18.2 Å². The minimum atomic E-state index is -0.856. The summed E-state index contributed by atoms with van der Waals surface area (Å²) < 4.78 is 4.91. The summed E-state index contributed by atoms with van der Waals surface area (Å²) in [5, 5.41) is 18.6. The summed E-state index contributed by atoms with van der Waals surface area (Å²) in [5.74, 6) is -0.501. The molecule has 0 radical (unpaired) electrons. The first-order chi connectivity index (χ1) is 6.58. The Kier molecular flexibility index (Phi) is 3.85. The van der Waals surface area contributed by atoms with Gasteiger partial charge in [0.1, 0.15) is 6.10 Å². The summed E-state index contributed by atoms with van der Waals surface area (Å²) in [4.78, 5) is 11.0. The highest BCUT2D eigenvalue weighted by Gasteiger charge is 2.12. The molecule has 0 aromatic carbocycles. The van der Waals surface area contributed by atoms with Gasteiger partial charge in [0, 0.05) is 12.5 Å². The maximum absolute atomic E-state index is 11.0. The summed E-state index contributed by atoms with van der Waals surface area (Å²) in [6.07, 6.45) is 3.87. The molecule has 0 fully saturated rings. The molecule has 0 saturated heterocycles. The molecule has 0 spiro atoms. The number of carbonyl (C=O) groups is 1. The van der Waals surface area contributed by atoms with Crippen LogP contribution in [0.3, 0.4) is 0 Å². The van der Waals surface area contributed by atoms with Gasteiger partial charge in [-0.3, -0.25) is 0 Å². The Balaban J connectivity index is 2.72. The lowest BCUT2D eigenvalue weighted by Crippen LogP contribution is -2.20. The van der Waals surface area contributed by atoms with Crippen molar-refractivity contribution in [2.24, 2.45) is 0 Å². The highest BCUT2D eigenvalue weighted by Crippen LogP contribution is 2.07. The smallest absolute Gasteiger partial charge is 0.330 e. The summed E-state index contributed by atoms with van der Waals surface area (Å²) in [5.41, 5.74) is 0. The molecule has 14 heavy (non-hydrogen) atoms. The molecule has 1 heterocycles. The molecule has 0 aromatic heterocycles. The second-order valence-electron chi connectivity index (χ2n) is 3.29. The van der Waals surface area contributed by atoms with Crippen molar-refractivity contribution in [2.45, 2.75) is 31.7 Å². The summed E-state index contributed by atoms with van der Waals surface area (Å²) in [6, 6.07) is 0. The Morgan fingerprint density at radius 3 is 2.79 bits per heavy atom. The van der Waals surface area contributed by atoms with Crippen LogP contribution >= 0.6 is 0 Å². The van der Waals surface area contributed by atoms with Crippen molar-refractivity contribution in [2.75, 3.05) is 0 Å². The lowest BCUT2D eigenvalue weighted by atomic mass is 10.1. The monoisotopic (exact) mass is 198 g/mol. The van der Waals surface area contributed by atoms with Crippen LogP contribution in [0.4, 0.5) is 0 Å². The maximum atomic E-state index is 11.0. The lowest BCUT2D eigenvalue weighted by Gasteiger charge is -2.15. The molecule has 0 bridgehead atoms. The van der Waals surface area contributed by atoms with Gasteiger partial charge >= 0.3 is 5.97 Å². The number of rotatable bonds is 0. The molecule has 0 aromatic rings. The van der Waals surface area contributed by atoms with E-state index in [-0.39, 0.29) is 6.10 Å². The molecule has 0 aliphatic carbocycles. The van der Waals surface area contributed by atoms with Crippen LogP contribution in [0.15, 0.2) is 24.3 Å². The second kappa shape index (κ2) is 4.93. The fraction of sp³-hybridized carbons (Fsp3) is 0.500. The van der Waals surface area contributed by atoms with E-state index in [1.165, 1.54) is 24.3 Å². The SMILES string of the molecule is C[C@@H]1C[C@@H](O)/C=C\[C@@H](O)/C=C/C(=O)O1. The van der Waals surface area contributed by atoms with Gasteiger partial charge in [-0.2, -0.15) is 0 Å². The molecule has 0 saturated carbocycles. The third kappa shape index (κ3) is 3.72. The minimum absolute atomic E-state index is 0.331. The van der Waals surface area contributed by atoms with Gasteiger partial charge in [-0.15, -0.1) is 0 Å². The zero-order valence-corrected chi connectivity index (χ0v) is 7.96. The van der Waals surface area contributed by atoms with Crippen molar-refractivity contribution in [3.8, 4) is 0 Å². The summed E-state index contributed by atoms with van der Waals surface area (Å²) in [7, 11) is 0. The molecule has 1 rings (SSSR count). The first-order valence-corrected chi connectivity index (χ1v) is 4.51. The largest absolute Gasteiger partial charge is 0.459 e. The number of ether oxygens (including phenoxy) is 1. The van der Waals surface area contributed by atoms with Crippen LogP contribution in [-0.2, 0) is 9.53 Å². The Morgan fingerprint density at radius 2 is 2.07 bits per heavy atom. The average molecular weight is 198 g/mol. The van der Waals surface area contributed by atoms with Gasteiger partial charge in [0.25, 0.3) is 0 Å². The van der Waals surface area contributed by atoms with E-state index in [0.29, 0.717) is 6.42 Å². The quantitative estimate of drug-likeness (QED) is 0.429. The fourth-order valence-electron chi connectivity index (χ4n) is 1.19. The fourth-order valence-corrected chi connectivity index (χ4v) is 1.19. The molecule has 2 N–H and O–H groups in total. The molecule has 1 aliphatic rings. The Hall–Kier alpha value is -1.13. The first kappa shape index (κ1) is 10.9. The first-order valence-electron chi connectivity index (χ1n) is 4.51. The summed E-state index contributed by atoms with van der Waals surface area (Å²) in [6.45, 7) is 1.71. The van der Waals surface area contributed by atoms with Crippen molar-refractivity contribution in [3.63, 3.8) is 0 Å². The molecule has 1 aliphatic heterocycles. The molecule has 4 nitrogen and oxygen atoms in total. The van der Waals surface area contributed by atoms with E-state index in [1.807, 2.05) is 0 Å². The van der Waals surface area contributed by atoms with Gasteiger partial charge in [0.2, 0.25) is 0 Å². The zero-order chi connectivity index (χ0) is 10.6. The van der Waals surface area contributed by atoms with Crippen LogP contribution in [0.2, 0.25) is 0 Å². The van der Waals surface area contributed by atoms with Crippen LogP contribution < -0.4 is 0 Å². The maximum Gasteiger partial charge on any atom is 0.330 e. The lowest BCUT2D eigenvalue weighted by molar-refractivity contribution is -0.143. The van der Waals surface area contributed by atoms with Crippen LogP contribution in [0.1, 0.15) is 13.3 Å². The molecular formula is C10H14O4. The highest BCUT2D eigenvalue weighted by atomic mass is 16.5. The molecule has 4 heteroatoms. The number of esters is 1. The van der Waals surface area contributed by atoms with Gasteiger partial charge < -0.3 is 14.9 Å². The minimum Gasteiger partial charge on any atom is -0.459 e. The van der Waals surface area contributed by atoms with Gasteiger partial charge in [-0.1, -0.05) is 12.2 Å². The number of hydrogen-bond acceptors (Lipinski definition) is 4. The van der Waals surface area contributed by atoms with Crippen LogP contribution in [0.5, 0.6) is 0 Å². The number of cyclic esters (lactones) is 1. The van der Waals surface area contributed by atoms with Crippen molar-refractivity contribution in [1.82, 2.24) is 0 Å². The highest BCUT2D eigenvalue weighted by molar-refractivity contribution is 5.82. The summed E-state index contributed by atoms with van der Waals surface area (Å²) >= 11 is 0. The van der Waals surface area contributed by atoms with Crippen LogP contribution in [0, 0.1) is 0 Å². The van der Waals surface area contributed by atoms with E-state index in [2.05, 4.69) is 0 Å². The Labute approximate surface area is 82.5 Å². The second-order valence-corrected chi connectivity index (χ2v) is 3.29. The normalized spacial score (nSPS) is 38.5. The average Bonchev–Trinajstić information content (AvgIpc) is 2.10. The molecule has 78 valence electrons. The third-order valence-electron chi connectivity index (χ3n) is 1.85. The van der Waals surface area contributed by atoms with Crippen molar-refractivity contribution in [1.29, 1.82) is 0 Å². The predicted molar refractivity (Wildman–Crippen MR) is 50.5 cm³/mol. The number of aliphatic hydroxyl groups is 2. The van der Waals surface area contributed by atoms with E-state index in [9.17, 15) is 15.0 Å². The van der Waals surface area contributed by atoms with E-state index in [0.717, 1.165) is 0 Å². The van der Waals surface area contributed by atoms with Gasteiger partial charge in [-0.05, 0) is 13.0 Å². The van der Waals surface area contributed by atoms with Gasteiger partial charge in [0.05, 0.1) is 12.2 Å². The van der Waals surface area contributed by atoms with Crippen molar-refractivity contribution < 1.29 is 19.7 Å².